The van der Waals surface area contributed by atoms with Crippen LogP contribution in [0.3, 0.4) is 0 Å². The van der Waals surface area contributed by atoms with Crippen molar-refractivity contribution in [3.8, 4) is 0 Å². The molecule has 0 heterocycles. The van der Waals surface area contributed by atoms with Crippen molar-refractivity contribution in [3.63, 3.8) is 0 Å². The van der Waals surface area contributed by atoms with Gasteiger partial charge < -0.3 is 10.4 Å². The zero-order valence-electron chi connectivity index (χ0n) is 9.15. The topological polar surface area (TPSA) is 49.3 Å². The van der Waals surface area contributed by atoms with E-state index in [9.17, 15) is 13.7 Å². The van der Waals surface area contributed by atoms with Gasteiger partial charge in [-0.25, -0.2) is 4.39 Å². The number of benzene rings is 1. The Labute approximate surface area is 97.1 Å². The van der Waals surface area contributed by atoms with Gasteiger partial charge in [0, 0.05) is 35.9 Å². The van der Waals surface area contributed by atoms with Crippen molar-refractivity contribution in [3.05, 3.63) is 35.6 Å². The minimum Gasteiger partial charge on any atom is -0.387 e. The Morgan fingerprint density at radius 2 is 2.31 bits per heavy atom. The van der Waals surface area contributed by atoms with E-state index < -0.39 is 16.9 Å². The monoisotopic (exact) mass is 245 g/mol. The molecule has 16 heavy (non-hydrogen) atoms. The van der Waals surface area contributed by atoms with Gasteiger partial charge in [-0.05, 0) is 17.7 Å². The lowest BCUT2D eigenvalue weighted by Gasteiger charge is -2.11. The quantitative estimate of drug-likeness (QED) is 0.730. The van der Waals surface area contributed by atoms with Gasteiger partial charge in [-0.2, -0.15) is 0 Å². The summed E-state index contributed by atoms with van der Waals surface area (Å²) in [4.78, 5) is 0. The molecular weight excluding hydrogens is 229 g/mol. The summed E-state index contributed by atoms with van der Waals surface area (Å²) in [6, 6.07) is 5.89. The summed E-state index contributed by atoms with van der Waals surface area (Å²) in [6.07, 6.45) is 0.894. The van der Waals surface area contributed by atoms with Crippen LogP contribution in [-0.2, 0) is 10.8 Å². The molecule has 0 aliphatic rings. The zero-order valence-corrected chi connectivity index (χ0v) is 9.97. The van der Waals surface area contributed by atoms with Crippen LogP contribution in [-0.4, -0.2) is 34.4 Å². The average Bonchev–Trinajstić information content (AvgIpc) is 2.24. The third-order valence-corrected chi connectivity index (χ3v) is 2.92. The third kappa shape index (κ3) is 4.83. The van der Waals surface area contributed by atoms with E-state index >= 15 is 0 Å². The SMILES string of the molecule is CS(=O)CCNCC(O)c1cccc(F)c1. The summed E-state index contributed by atoms with van der Waals surface area (Å²) in [6.45, 7) is 0.913. The Kier molecular flexibility index (Phi) is 5.59. The van der Waals surface area contributed by atoms with E-state index in [2.05, 4.69) is 5.32 Å². The lowest BCUT2D eigenvalue weighted by atomic mass is 10.1. The molecule has 0 spiro atoms. The number of hydrogen-bond donors (Lipinski definition) is 2. The maximum atomic E-state index is 12.8. The lowest BCUT2D eigenvalue weighted by molar-refractivity contribution is 0.175. The molecular formula is C11H16FNO2S. The molecule has 1 rings (SSSR count). The van der Waals surface area contributed by atoms with E-state index in [-0.39, 0.29) is 5.82 Å². The molecule has 2 N–H and O–H groups in total. The predicted octanol–water partition coefficient (Wildman–Crippen LogP) is 0.827. The fraction of sp³-hybridized carbons (Fsp3) is 0.455. The van der Waals surface area contributed by atoms with Crippen molar-refractivity contribution in [2.75, 3.05) is 25.1 Å². The zero-order chi connectivity index (χ0) is 12.0. The second kappa shape index (κ2) is 6.73. The first kappa shape index (κ1) is 13.3. The molecule has 0 aliphatic heterocycles. The number of aliphatic hydroxyl groups is 1. The van der Waals surface area contributed by atoms with Gasteiger partial charge >= 0.3 is 0 Å². The van der Waals surface area contributed by atoms with E-state index in [4.69, 9.17) is 0 Å². The Hall–Kier alpha value is -0.780. The Morgan fingerprint density at radius 3 is 2.94 bits per heavy atom. The third-order valence-electron chi connectivity index (χ3n) is 2.14. The Balaban J connectivity index is 2.35. The van der Waals surface area contributed by atoms with Crippen molar-refractivity contribution >= 4 is 10.8 Å². The molecule has 2 unspecified atom stereocenters. The number of halogens is 1. The van der Waals surface area contributed by atoms with Crippen LogP contribution < -0.4 is 5.32 Å². The molecule has 0 aromatic heterocycles. The summed E-state index contributed by atoms with van der Waals surface area (Å²) in [7, 11) is -0.833. The number of hydrogen-bond acceptors (Lipinski definition) is 3. The van der Waals surface area contributed by atoms with Crippen LogP contribution in [0.5, 0.6) is 0 Å². The first-order chi connectivity index (χ1) is 7.59. The second-order valence-electron chi connectivity index (χ2n) is 3.55. The molecule has 90 valence electrons. The van der Waals surface area contributed by atoms with Gasteiger partial charge in [0.1, 0.15) is 5.82 Å². The summed E-state index contributed by atoms with van der Waals surface area (Å²) >= 11 is 0. The van der Waals surface area contributed by atoms with Crippen molar-refractivity contribution in [1.29, 1.82) is 0 Å². The number of aliphatic hydroxyl groups excluding tert-OH is 1. The molecule has 1 aromatic carbocycles. The van der Waals surface area contributed by atoms with Crippen molar-refractivity contribution < 1.29 is 13.7 Å². The van der Waals surface area contributed by atoms with Crippen LogP contribution in [0.25, 0.3) is 0 Å². The van der Waals surface area contributed by atoms with Gasteiger partial charge in [0.05, 0.1) is 6.10 Å². The number of nitrogens with one attached hydrogen (secondary N) is 1. The van der Waals surface area contributed by atoms with Crippen LogP contribution >= 0.6 is 0 Å². The largest absolute Gasteiger partial charge is 0.387 e. The molecule has 2 atom stereocenters. The first-order valence-corrected chi connectivity index (χ1v) is 6.76. The molecule has 3 nitrogen and oxygen atoms in total. The highest BCUT2D eigenvalue weighted by Gasteiger charge is 2.07. The molecule has 5 heteroatoms. The van der Waals surface area contributed by atoms with Gasteiger partial charge in [-0.3, -0.25) is 4.21 Å². The first-order valence-electron chi connectivity index (χ1n) is 5.04. The molecule has 0 radical (unpaired) electrons. The van der Waals surface area contributed by atoms with E-state index in [0.717, 1.165) is 0 Å². The van der Waals surface area contributed by atoms with E-state index in [1.807, 2.05) is 0 Å². The fourth-order valence-corrected chi connectivity index (χ4v) is 1.72. The van der Waals surface area contributed by atoms with Crippen LogP contribution in [0.15, 0.2) is 24.3 Å². The van der Waals surface area contributed by atoms with Crippen LogP contribution in [0.2, 0.25) is 0 Å². The lowest BCUT2D eigenvalue weighted by Crippen LogP contribution is -2.25. The number of rotatable bonds is 6. The van der Waals surface area contributed by atoms with Gasteiger partial charge in [0.15, 0.2) is 0 Å². The maximum Gasteiger partial charge on any atom is 0.123 e. The van der Waals surface area contributed by atoms with Crippen LogP contribution in [0.1, 0.15) is 11.7 Å². The highest BCUT2D eigenvalue weighted by atomic mass is 32.2. The molecule has 0 saturated carbocycles. The standard InChI is InChI=1S/C11H16FNO2S/c1-16(15)6-5-13-8-11(14)9-3-2-4-10(12)7-9/h2-4,7,11,13-14H,5-6,8H2,1H3. The smallest absolute Gasteiger partial charge is 0.123 e. The highest BCUT2D eigenvalue weighted by Crippen LogP contribution is 2.12. The maximum absolute atomic E-state index is 12.8. The summed E-state index contributed by atoms with van der Waals surface area (Å²) in [5.41, 5.74) is 0.546. The van der Waals surface area contributed by atoms with Crippen molar-refractivity contribution in [2.24, 2.45) is 0 Å². The predicted molar refractivity (Wildman–Crippen MR) is 63.2 cm³/mol. The molecule has 0 saturated heterocycles. The van der Waals surface area contributed by atoms with Gasteiger partial charge in [0.25, 0.3) is 0 Å². The van der Waals surface area contributed by atoms with E-state index in [1.165, 1.54) is 12.1 Å². The Morgan fingerprint density at radius 1 is 1.56 bits per heavy atom. The normalized spacial score (nSPS) is 14.7. The minimum absolute atomic E-state index is 0.334. The molecule has 0 fully saturated rings. The van der Waals surface area contributed by atoms with Crippen molar-refractivity contribution in [1.82, 2.24) is 5.32 Å². The van der Waals surface area contributed by atoms with Gasteiger partial charge in [-0.15, -0.1) is 0 Å². The highest BCUT2D eigenvalue weighted by molar-refractivity contribution is 7.84. The molecule has 0 amide bonds. The van der Waals surface area contributed by atoms with Crippen LogP contribution in [0.4, 0.5) is 4.39 Å². The van der Waals surface area contributed by atoms with Crippen LogP contribution in [0, 0.1) is 5.82 Å². The summed E-state index contributed by atoms with van der Waals surface area (Å²) in [5.74, 6) is 0.196. The van der Waals surface area contributed by atoms with Crippen molar-refractivity contribution in [2.45, 2.75) is 6.10 Å². The summed E-state index contributed by atoms with van der Waals surface area (Å²) in [5, 5.41) is 12.7. The second-order valence-corrected chi connectivity index (χ2v) is 5.11. The fourth-order valence-electron chi connectivity index (χ4n) is 1.29. The molecule has 1 aromatic rings. The van der Waals surface area contributed by atoms with Gasteiger partial charge in [0.2, 0.25) is 0 Å². The Bertz CT molecular complexity index is 360. The minimum atomic E-state index is -0.833. The van der Waals surface area contributed by atoms with E-state index in [0.29, 0.717) is 24.4 Å². The molecule has 0 aliphatic carbocycles. The van der Waals surface area contributed by atoms with E-state index in [1.54, 1.807) is 18.4 Å². The van der Waals surface area contributed by atoms with Gasteiger partial charge in [-0.1, -0.05) is 12.1 Å². The average molecular weight is 245 g/mol. The molecule has 0 bridgehead atoms. The summed E-state index contributed by atoms with van der Waals surface area (Å²) < 4.78 is 23.6.